The van der Waals surface area contributed by atoms with E-state index in [9.17, 15) is 4.79 Å². The van der Waals surface area contributed by atoms with Crippen molar-refractivity contribution < 1.29 is 9.53 Å². The summed E-state index contributed by atoms with van der Waals surface area (Å²) >= 11 is 0. The Morgan fingerprint density at radius 1 is 0.935 bits per heavy atom. The molecule has 7 unspecified atom stereocenters. The summed E-state index contributed by atoms with van der Waals surface area (Å²) in [5.74, 6) is 6.58. The first kappa shape index (κ1) is 25.1. The highest BCUT2D eigenvalue weighted by Gasteiger charge is 2.61. The molecule has 9 atom stereocenters. The molecule has 0 radical (unpaired) electrons. The molecular weight excluding hydrogens is 380 g/mol. The maximum absolute atomic E-state index is 11.6. The minimum atomic E-state index is -0.0306. The molecule has 0 aromatic carbocycles. The van der Waals surface area contributed by atoms with Crippen molar-refractivity contribution in [2.75, 3.05) is 7.11 Å². The molecule has 0 aromatic heterocycles. The first-order valence-electron chi connectivity index (χ1n) is 13.9. The Hall–Kier alpha value is -0.530. The van der Waals surface area contributed by atoms with Crippen LogP contribution < -0.4 is 0 Å². The van der Waals surface area contributed by atoms with Gasteiger partial charge in [0.05, 0.1) is 7.11 Å². The predicted octanol–water partition coefficient (Wildman–Crippen LogP) is 8.29. The summed E-state index contributed by atoms with van der Waals surface area (Å²) in [4.78, 5) is 11.6. The molecule has 2 heteroatoms. The van der Waals surface area contributed by atoms with Gasteiger partial charge in [0.25, 0.3) is 0 Å². The van der Waals surface area contributed by atoms with Crippen molar-refractivity contribution in [1.82, 2.24) is 0 Å². The molecule has 4 fully saturated rings. The van der Waals surface area contributed by atoms with Crippen molar-refractivity contribution in [2.24, 2.45) is 52.3 Å². The average molecular weight is 433 g/mol. The lowest BCUT2D eigenvalue weighted by Gasteiger charge is -2.63. The summed E-state index contributed by atoms with van der Waals surface area (Å²) in [5, 5.41) is 0. The summed E-state index contributed by atoms with van der Waals surface area (Å²) in [6, 6.07) is 0. The van der Waals surface area contributed by atoms with Gasteiger partial charge in [0.2, 0.25) is 0 Å². The van der Waals surface area contributed by atoms with Crippen LogP contribution in [0.1, 0.15) is 119 Å². The Kier molecular flexibility index (Phi) is 8.23. The second-order valence-electron chi connectivity index (χ2n) is 12.1. The van der Waals surface area contributed by atoms with Crippen LogP contribution in [0.3, 0.4) is 0 Å². The van der Waals surface area contributed by atoms with E-state index in [1.807, 2.05) is 13.8 Å². The highest BCUT2D eigenvalue weighted by Crippen LogP contribution is 2.69. The van der Waals surface area contributed by atoms with Crippen LogP contribution in [0.5, 0.6) is 0 Å². The maximum Gasteiger partial charge on any atom is 0.305 e. The van der Waals surface area contributed by atoms with Crippen LogP contribution in [0, 0.1) is 52.3 Å². The number of methoxy groups -OCH3 is 1. The van der Waals surface area contributed by atoms with Crippen molar-refractivity contribution in [1.29, 1.82) is 0 Å². The highest BCUT2D eigenvalue weighted by atomic mass is 16.5. The van der Waals surface area contributed by atoms with Gasteiger partial charge in [0.1, 0.15) is 0 Å². The van der Waals surface area contributed by atoms with Crippen LogP contribution in [0.4, 0.5) is 0 Å². The summed E-state index contributed by atoms with van der Waals surface area (Å²) in [5.41, 5.74) is 1.14. The molecule has 0 aliphatic heterocycles. The fraction of sp³-hybridized carbons (Fsp3) is 0.966. The van der Waals surface area contributed by atoms with E-state index in [-0.39, 0.29) is 5.97 Å². The number of carbonyl (C=O) groups is 1. The largest absolute Gasteiger partial charge is 0.469 e. The number of fused-ring (bicyclic) bond motifs is 5. The zero-order valence-corrected chi connectivity index (χ0v) is 21.8. The molecule has 4 aliphatic carbocycles. The van der Waals surface area contributed by atoms with E-state index in [4.69, 9.17) is 4.74 Å². The van der Waals surface area contributed by atoms with Crippen LogP contribution in [0.2, 0.25) is 0 Å². The molecule has 4 saturated carbocycles. The number of hydrogen-bond acceptors (Lipinski definition) is 2. The second-order valence-corrected chi connectivity index (χ2v) is 12.1. The standard InChI is InChI=1S/C27H46O2.C2H6/c1-6-19-17-21-22-11-10-20(8-7-9-25(28)29-5)26(22,3)15-13-23(21)27(4)14-12-18(2)16-24(19)27;1-2/h18-24H,6-17H2,1-5H3;1-2H3/t18?,19-,20?,21?,22?,23-,24?,26?,27?;/m0./s1. The van der Waals surface area contributed by atoms with Gasteiger partial charge in [-0.3, -0.25) is 4.79 Å². The molecule has 31 heavy (non-hydrogen) atoms. The van der Waals surface area contributed by atoms with Crippen molar-refractivity contribution >= 4 is 5.97 Å². The summed E-state index contributed by atoms with van der Waals surface area (Å²) in [6.07, 6.45) is 16.0. The third-order valence-electron chi connectivity index (χ3n) is 11.0. The van der Waals surface area contributed by atoms with Gasteiger partial charge in [-0.25, -0.2) is 0 Å². The maximum atomic E-state index is 11.6. The Morgan fingerprint density at radius 2 is 1.61 bits per heavy atom. The SMILES string of the molecule is CC.CC[C@H]1CC2C3CCC(CCCC(=O)OC)C3(C)CC[C@@H]2C2(C)CCC(C)CC12. The van der Waals surface area contributed by atoms with E-state index in [1.54, 1.807) is 0 Å². The van der Waals surface area contributed by atoms with E-state index >= 15 is 0 Å². The zero-order chi connectivity index (χ0) is 22.8. The third kappa shape index (κ3) is 4.48. The number of ether oxygens (including phenoxy) is 1. The predicted molar refractivity (Wildman–Crippen MR) is 131 cm³/mol. The van der Waals surface area contributed by atoms with E-state index in [0.29, 0.717) is 17.3 Å². The van der Waals surface area contributed by atoms with E-state index in [0.717, 1.165) is 47.8 Å². The number of hydrogen-bond donors (Lipinski definition) is 0. The second kappa shape index (κ2) is 10.2. The molecule has 4 aliphatic rings. The quantitative estimate of drug-likeness (QED) is 0.408. The van der Waals surface area contributed by atoms with Crippen LogP contribution in [0.15, 0.2) is 0 Å². The van der Waals surface area contributed by atoms with Gasteiger partial charge < -0.3 is 4.74 Å². The van der Waals surface area contributed by atoms with Crippen LogP contribution in [-0.2, 0) is 9.53 Å². The van der Waals surface area contributed by atoms with E-state index in [2.05, 4.69) is 27.7 Å². The lowest BCUT2D eigenvalue weighted by atomic mass is 9.42. The molecule has 4 rings (SSSR count). The normalized spacial score (nSPS) is 46.1. The molecule has 0 spiro atoms. The van der Waals surface area contributed by atoms with Gasteiger partial charge in [0, 0.05) is 6.42 Å². The number of rotatable bonds is 5. The summed E-state index contributed by atoms with van der Waals surface area (Å²) in [7, 11) is 1.52. The van der Waals surface area contributed by atoms with Gasteiger partial charge in [-0.15, -0.1) is 0 Å². The van der Waals surface area contributed by atoms with Gasteiger partial charge in [-0.2, -0.15) is 0 Å². The molecule has 0 N–H and O–H groups in total. The Labute approximate surface area is 193 Å². The third-order valence-corrected chi connectivity index (χ3v) is 11.0. The van der Waals surface area contributed by atoms with Gasteiger partial charge in [-0.05, 0) is 110 Å². The van der Waals surface area contributed by atoms with E-state index < -0.39 is 0 Å². The Balaban J connectivity index is 0.00000132. The minimum absolute atomic E-state index is 0.0306. The molecular formula is C29H52O2. The van der Waals surface area contributed by atoms with Crippen molar-refractivity contribution in [2.45, 2.75) is 119 Å². The van der Waals surface area contributed by atoms with Crippen molar-refractivity contribution in [3.63, 3.8) is 0 Å². The Morgan fingerprint density at radius 3 is 2.29 bits per heavy atom. The smallest absolute Gasteiger partial charge is 0.305 e. The van der Waals surface area contributed by atoms with Gasteiger partial charge in [-0.1, -0.05) is 54.4 Å². The van der Waals surface area contributed by atoms with Crippen LogP contribution in [-0.4, -0.2) is 13.1 Å². The fourth-order valence-electron chi connectivity index (χ4n) is 9.33. The monoisotopic (exact) mass is 432 g/mol. The molecule has 0 heterocycles. The van der Waals surface area contributed by atoms with Crippen molar-refractivity contribution in [3.05, 3.63) is 0 Å². The summed E-state index contributed by atoms with van der Waals surface area (Å²) < 4.78 is 4.87. The van der Waals surface area contributed by atoms with Crippen molar-refractivity contribution in [3.8, 4) is 0 Å². The number of esters is 1. The summed E-state index contributed by atoms with van der Waals surface area (Å²) in [6.45, 7) is 14.3. The first-order chi connectivity index (χ1) is 14.8. The Bertz CT molecular complexity index is 600. The lowest BCUT2D eigenvalue weighted by molar-refractivity contribution is -0.143. The topological polar surface area (TPSA) is 26.3 Å². The molecule has 0 aromatic rings. The first-order valence-corrected chi connectivity index (χ1v) is 13.9. The van der Waals surface area contributed by atoms with Gasteiger partial charge in [0.15, 0.2) is 0 Å². The molecule has 0 bridgehead atoms. The van der Waals surface area contributed by atoms with Crippen LogP contribution in [0.25, 0.3) is 0 Å². The zero-order valence-electron chi connectivity index (χ0n) is 21.8. The molecule has 180 valence electrons. The van der Waals surface area contributed by atoms with E-state index in [1.165, 1.54) is 71.3 Å². The lowest BCUT2D eigenvalue weighted by Crippen LogP contribution is -2.56. The molecule has 2 nitrogen and oxygen atoms in total. The minimum Gasteiger partial charge on any atom is -0.469 e. The molecule has 0 amide bonds. The molecule has 0 saturated heterocycles. The van der Waals surface area contributed by atoms with Gasteiger partial charge >= 0.3 is 5.97 Å². The van der Waals surface area contributed by atoms with Crippen LogP contribution >= 0.6 is 0 Å². The number of carbonyl (C=O) groups excluding carboxylic acids is 1. The highest BCUT2D eigenvalue weighted by molar-refractivity contribution is 5.68. The fourth-order valence-corrected chi connectivity index (χ4v) is 9.33. The average Bonchev–Trinajstić information content (AvgIpc) is 3.11.